The van der Waals surface area contributed by atoms with E-state index in [-0.39, 0.29) is 18.0 Å². The number of hydrogen-bond donors (Lipinski definition) is 2. The van der Waals surface area contributed by atoms with E-state index in [0.29, 0.717) is 31.0 Å². The highest BCUT2D eigenvalue weighted by Gasteiger charge is 2.28. The number of carboxylic acids is 1. The lowest BCUT2D eigenvalue weighted by molar-refractivity contribution is -0.142. The van der Waals surface area contributed by atoms with Gasteiger partial charge in [0.15, 0.2) is 0 Å². The summed E-state index contributed by atoms with van der Waals surface area (Å²) in [7, 11) is 0. The van der Waals surface area contributed by atoms with Gasteiger partial charge in [-0.2, -0.15) is 0 Å². The van der Waals surface area contributed by atoms with Gasteiger partial charge in [0, 0.05) is 38.4 Å². The molecule has 0 unspecified atom stereocenters. The SMILES string of the molecule is O=C(O)C1CCC(NC(=O)N2CCN(c3ccc(Cl)cn3)CC2)CC1. The number of nitrogens with one attached hydrogen (secondary N) is 1. The van der Waals surface area contributed by atoms with Crippen LogP contribution in [-0.2, 0) is 4.79 Å². The number of rotatable bonds is 3. The molecular weight excluding hydrogens is 344 g/mol. The Balaban J connectivity index is 1.44. The number of urea groups is 1. The molecule has 136 valence electrons. The first-order valence-electron chi connectivity index (χ1n) is 8.67. The van der Waals surface area contributed by atoms with Gasteiger partial charge in [-0.05, 0) is 37.8 Å². The van der Waals surface area contributed by atoms with Crippen LogP contribution in [0.1, 0.15) is 25.7 Å². The standard InChI is InChI=1S/C17H23ClN4O3/c18-13-3-6-15(19-11-13)21-7-9-22(10-8-21)17(25)20-14-4-1-12(2-5-14)16(23)24/h3,6,11-12,14H,1-2,4-5,7-10H2,(H,20,25)(H,23,24). The van der Waals surface area contributed by atoms with Crippen LogP contribution in [0.2, 0.25) is 5.02 Å². The van der Waals surface area contributed by atoms with Crippen molar-refractivity contribution in [3.05, 3.63) is 23.4 Å². The number of aliphatic carboxylic acids is 1. The fraction of sp³-hybridized carbons (Fsp3) is 0.588. The van der Waals surface area contributed by atoms with E-state index in [2.05, 4.69) is 15.2 Å². The van der Waals surface area contributed by atoms with Gasteiger partial charge in [0.05, 0.1) is 10.9 Å². The van der Waals surface area contributed by atoms with Crippen molar-refractivity contribution in [1.29, 1.82) is 0 Å². The normalized spacial score (nSPS) is 24.0. The molecule has 8 heteroatoms. The Morgan fingerprint density at radius 2 is 1.80 bits per heavy atom. The van der Waals surface area contributed by atoms with E-state index in [1.165, 1.54) is 0 Å². The van der Waals surface area contributed by atoms with Crippen LogP contribution in [0.4, 0.5) is 10.6 Å². The number of carbonyl (C=O) groups excluding carboxylic acids is 1. The summed E-state index contributed by atoms with van der Waals surface area (Å²) in [6.45, 7) is 2.74. The molecule has 3 rings (SSSR count). The molecule has 2 aliphatic rings. The van der Waals surface area contributed by atoms with Gasteiger partial charge in [-0.1, -0.05) is 11.6 Å². The van der Waals surface area contributed by atoms with E-state index in [9.17, 15) is 9.59 Å². The van der Waals surface area contributed by atoms with Crippen LogP contribution >= 0.6 is 11.6 Å². The molecule has 1 aliphatic carbocycles. The average Bonchev–Trinajstić information content (AvgIpc) is 2.63. The minimum atomic E-state index is -0.725. The number of carboxylic acid groups (broad SMARTS) is 1. The molecule has 1 aliphatic heterocycles. The van der Waals surface area contributed by atoms with E-state index in [1.807, 2.05) is 17.0 Å². The largest absolute Gasteiger partial charge is 0.481 e. The van der Waals surface area contributed by atoms with Crippen LogP contribution in [0.3, 0.4) is 0 Å². The zero-order valence-electron chi connectivity index (χ0n) is 14.0. The van der Waals surface area contributed by atoms with Gasteiger partial charge < -0.3 is 20.2 Å². The van der Waals surface area contributed by atoms with Crippen molar-refractivity contribution in [2.24, 2.45) is 5.92 Å². The van der Waals surface area contributed by atoms with Gasteiger partial charge >= 0.3 is 12.0 Å². The molecule has 25 heavy (non-hydrogen) atoms. The fourth-order valence-corrected chi connectivity index (χ4v) is 3.56. The molecule has 7 nitrogen and oxygen atoms in total. The number of piperazine rings is 1. The highest BCUT2D eigenvalue weighted by Crippen LogP contribution is 2.24. The average molecular weight is 367 g/mol. The minimum Gasteiger partial charge on any atom is -0.481 e. The molecule has 0 aromatic carbocycles. The number of pyridine rings is 1. The van der Waals surface area contributed by atoms with E-state index in [4.69, 9.17) is 16.7 Å². The van der Waals surface area contributed by atoms with E-state index in [0.717, 1.165) is 31.7 Å². The van der Waals surface area contributed by atoms with Crippen molar-refractivity contribution < 1.29 is 14.7 Å². The number of amides is 2. The van der Waals surface area contributed by atoms with Crippen LogP contribution in [0.25, 0.3) is 0 Å². The lowest BCUT2D eigenvalue weighted by Gasteiger charge is -2.36. The Kier molecular flexibility index (Phi) is 5.63. The Labute approximate surface area is 152 Å². The van der Waals surface area contributed by atoms with E-state index < -0.39 is 5.97 Å². The van der Waals surface area contributed by atoms with Crippen molar-refractivity contribution in [1.82, 2.24) is 15.2 Å². The van der Waals surface area contributed by atoms with E-state index in [1.54, 1.807) is 6.20 Å². The monoisotopic (exact) mass is 366 g/mol. The number of carbonyl (C=O) groups is 2. The lowest BCUT2D eigenvalue weighted by atomic mass is 9.86. The second-order valence-electron chi connectivity index (χ2n) is 6.64. The second kappa shape index (κ2) is 7.91. The van der Waals surface area contributed by atoms with Crippen LogP contribution in [0.15, 0.2) is 18.3 Å². The minimum absolute atomic E-state index is 0.0532. The van der Waals surface area contributed by atoms with Crippen molar-refractivity contribution in [2.45, 2.75) is 31.7 Å². The molecule has 1 aromatic heterocycles. The Hall–Kier alpha value is -2.02. The van der Waals surface area contributed by atoms with Crippen molar-refractivity contribution in [3.63, 3.8) is 0 Å². The van der Waals surface area contributed by atoms with Crippen molar-refractivity contribution in [2.75, 3.05) is 31.1 Å². The maximum atomic E-state index is 12.4. The maximum Gasteiger partial charge on any atom is 0.317 e. The van der Waals surface area contributed by atoms with Gasteiger partial charge in [-0.3, -0.25) is 4.79 Å². The molecule has 1 saturated carbocycles. The van der Waals surface area contributed by atoms with Crippen LogP contribution in [0, 0.1) is 5.92 Å². The number of anilines is 1. The first-order chi connectivity index (χ1) is 12.0. The smallest absolute Gasteiger partial charge is 0.317 e. The van der Waals surface area contributed by atoms with Gasteiger partial charge in [-0.15, -0.1) is 0 Å². The van der Waals surface area contributed by atoms with Gasteiger partial charge in [0.25, 0.3) is 0 Å². The Bertz CT molecular complexity index is 609. The lowest BCUT2D eigenvalue weighted by Crippen LogP contribution is -2.54. The molecular formula is C17H23ClN4O3. The number of halogens is 1. The Morgan fingerprint density at radius 3 is 2.36 bits per heavy atom. The molecule has 1 saturated heterocycles. The molecule has 0 radical (unpaired) electrons. The summed E-state index contributed by atoms with van der Waals surface area (Å²) in [6.07, 6.45) is 4.37. The first-order valence-corrected chi connectivity index (χ1v) is 9.05. The summed E-state index contributed by atoms with van der Waals surface area (Å²) in [5.41, 5.74) is 0. The molecule has 0 atom stereocenters. The summed E-state index contributed by atoms with van der Waals surface area (Å²) in [4.78, 5) is 31.7. The zero-order chi connectivity index (χ0) is 17.8. The fourth-order valence-electron chi connectivity index (χ4n) is 3.44. The highest BCUT2D eigenvalue weighted by atomic mass is 35.5. The molecule has 2 heterocycles. The summed E-state index contributed by atoms with van der Waals surface area (Å²) in [6, 6.07) is 3.73. The highest BCUT2D eigenvalue weighted by molar-refractivity contribution is 6.30. The number of aromatic nitrogens is 1. The van der Waals surface area contributed by atoms with Crippen LogP contribution in [-0.4, -0.2) is 59.2 Å². The summed E-state index contributed by atoms with van der Waals surface area (Å²) in [5.74, 6) is -0.114. The molecule has 2 amide bonds. The van der Waals surface area contributed by atoms with Gasteiger partial charge in [-0.25, -0.2) is 9.78 Å². The Morgan fingerprint density at radius 1 is 1.12 bits per heavy atom. The van der Waals surface area contributed by atoms with Crippen molar-refractivity contribution in [3.8, 4) is 0 Å². The summed E-state index contributed by atoms with van der Waals surface area (Å²) >= 11 is 5.86. The third-order valence-corrected chi connectivity index (χ3v) is 5.23. The molecule has 2 fully saturated rings. The summed E-state index contributed by atoms with van der Waals surface area (Å²) in [5, 5.41) is 12.7. The predicted molar refractivity (Wildman–Crippen MR) is 94.9 cm³/mol. The van der Waals surface area contributed by atoms with Gasteiger partial charge in [0.2, 0.25) is 0 Å². The quantitative estimate of drug-likeness (QED) is 0.856. The third-order valence-electron chi connectivity index (χ3n) is 5.01. The number of hydrogen-bond acceptors (Lipinski definition) is 4. The maximum absolute atomic E-state index is 12.4. The van der Waals surface area contributed by atoms with Crippen molar-refractivity contribution >= 4 is 29.4 Å². The van der Waals surface area contributed by atoms with Crippen LogP contribution in [0.5, 0.6) is 0 Å². The molecule has 0 bridgehead atoms. The third kappa shape index (κ3) is 4.54. The first kappa shape index (κ1) is 17.8. The topological polar surface area (TPSA) is 85.8 Å². The predicted octanol–water partition coefficient (Wildman–Crippen LogP) is 2.21. The van der Waals surface area contributed by atoms with Gasteiger partial charge in [0.1, 0.15) is 5.82 Å². The number of nitrogens with zero attached hydrogens (tertiary/aromatic N) is 3. The van der Waals surface area contributed by atoms with Crippen LogP contribution < -0.4 is 10.2 Å². The molecule has 1 aromatic rings. The molecule has 0 spiro atoms. The molecule has 2 N–H and O–H groups in total. The summed E-state index contributed by atoms with van der Waals surface area (Å²) < 4.78 is 0. The second-order valence-corrected chi connectivity index (χ2v) is 7.08. The van der Waals surface area contributed by atoms with E-state index >= 15 is 0 Å². The zero-order valence-corrected chi connectivity index (χ0v) is 14.8.